The smallest absolute Gasteiger partial charge is 0.323 e. The fourth-order valence-electron chi connectivity index (χ4n) is 3.17. The summed E-state index contributed by atoms with van der Waals surface area (Å²) in [7, 11) is 0. The molecule has 2 N–H and O–H groups in total. The molecule has 0 fully saturated rings. The third kappa shape index (κ3) is 5.43. The molecule has 0 saturated carbocycles. The number of amides is 3. The van der Waals surface area contributed by atoms with Gasteiger partial charge < -0.3 is 25.0 Å². The van der Waals surface area contributed by atoms with Crippen LogP contribution in [0.2, 0.25) is 10.0 Å². The lowest BCUT2D eigenvalue weighted by molar-refractivity contribution is -0.121. The van der Waals surface area contributed by atoms with Crippen molar-refractivity contribution in [2.75, 3.05) is 35.3 Å². The van der Waals surface area contributed by atoms with Crippen LogP contribution in [0.3, 0.4) is 0 Å². The molecule has 32 heavy (non-hydrogen) atoms. The summed E-state index contributed by atoms with van der Waals surface area (Å²) < 4.78 is 11.2. The molecule has 0 spiro atoms. The first-order chi connectivity index (χ1) is 15.5. The molecular formula is C23H19Cl2N3O4. The molecular weight excluding hydrogens is 453 g/mol. The summed E-state index contributed by atoms with van der Waals surface area (Å²) in [4.78, 5) is 26.4. The van der Waals surface area contributed by atoms with Crippen LogP contribution in [0.25, 0.3) is 0 Å². The van der Waals surface area contributed by atoms with Crippen LogP contribution in [-0.4, -0.2) is 31.7 Å². The Balaban J connectivity index is 1.42. The number of hydrogen-bond acceptors (Lipinski definition) is 4. The number of benzene rings is 3. The maximum Gasteiger partial charge on any atom is 0.323 e. The van der Waals surface area contributed by atoms with Crippen molar-refractivity contribution in [3.05, 3.63) is 76.8 Å². The quantitative estimate of drug-likeness (QED) is 0.501. The van der Waals surface area contributed by atoms with Crippen molar-refractivity contribution in [3.63, 3.8) is 0 Å². The molecule has 0 aliphatic carbocycles. The fourth-order valence-corrected chi connectivity index (χ4v) is 3.49. The Morgan fingerprint density at radius 1 is 0.969 bits per heavy atom. The van der Waals surface area contributed by atoms with Gasteiger partial charge in [0.05, 0.1) is 12.2 Å². The Morgan fingerprint density at radius 3 is 2.47 bits per heavy atom. The van der Waals surface area contributed by atoms with E-state index in [1.165, 1.54) is 0 Å². The Hall–Kier alpha value is -3.42. The number of nitrogens with one attached hydrogen (secondary N) is 2. The van der Waals surface area contributed by atoms with E-state index in [1.54, 1.807) is 71.6 Å². The highest BCUT2D eigenvalue weighted by Crippen LogP contribution is 2.34. The van der Waals surface area contributed by atoms with Crippen molar-refractivity contribution in [1.82, 2.24) is 0 Å². The van der Waals surface area contributed by atoms with Gasteiger partial charge in [0.2, 0.25) is 0 Å². The largest absolute Gasteiger partial charge is 0.492 e. The normalized spacial score (nSPS) is 12.6. The van der Waals surface area contributed by atoms with Gasteiger partial charge in [-0.2, -0.15) is 0 Å². The Labute approximate surface area is 194 Å². The van der Waals surface area contributed by atoms with E-state index >= 15 is 0 Å². The van der Waals surface area contributed by atoms with Crippen molar-refractivity contribution >= 4 is 52.2 Å². The average molecular weight is 472 g/mol. The van der Waals surface area contributed by atoms with Crippen molar-refractivity contribution in [2.45, 2.75) is 0 Å². The van der Waals surface area contributed by atoms with E-state index in [1.807, 2.05) is 0 Å². The lowest BCUT2D eigenvalue weighted by Crippen LogP contribution is -2.41. The summed E-state index contributed by atoms with van der Waals surface area (Å²) in [5.74, 6) is 1.01. The van der Waals surface area contributed by atoms with Crippen molar-refractivity contribution in [2.24, 2.45) is 0 Å². The summed E-state index contributed by atoms with van der Waals surface area (Å²) in [6.07, 6.45) is 0. The highest BCUT2D eigenvalue weighted by Gasteiger charge is 2.26. The van der Waals surface area contributed by atoms with Crippen molar-refractivity contribution in [1.29, 1.82) is 0 Å². The van der Waals surface area contributed by atoms with Gasteiger partial charge >= 0.3 is 6.03 Å². The van der Waals surface area contributed by atoms with E-state index < -0.39 is 6.03 Å². The highest BCUT2D eigenvalue weighted by molar-refractivity contribution is 6.31. The summed E-state index contributed by atoms with van der Waals surface area (Å²) in [6.45, 7) is 0.533. The minimum absolute atomic E-state index is 0.0596. The molecule has 1 aliphatic heterocycles. The Bertz CT molecular complexity index is 1140. The molecule has 0 unspecified atom stereocenters. The first-order valence-electron chi connectivity index (χ1n) is 9.77. The maximum atomic E-state index is 12.5. The number of halogens is 2. The van der Waals surface area contributed by atoms with E-state index in [0.29, 0.717) is 45.2 Å². The molecule has 3 amide bonds. The van der Waals surface area contributed by atoms with E-state index in [4.69, 9.17) is 32.7 Å². The maximum absolute atomic E-state index is 12.5. The number of fused-ring (bicyclic) bond motifs is 1. The molecule has 9 heteroatoms. The minimum atomic E-state index is -0.437. The standard InChI is InChI=1S/C23H19Cl2N3O4/c24-15-4-7-19(8-5-15)31-11-10-28-20-13-18(6-9-21(20)32-14-22(28)29)27-23(30)26-17-3-1-2-16(25)12-17/h1-9,12-13H,10-11,14H2,(H2,26,27,30). The van der Waals surface area contributed by atoms with Crippen molar-refractivity contribution < 1.29 is 19.1 Å². The number of ether oxygens (including phenoxy) is 2. The van der Waals surface area contributed by atoms with Gasteiger partial charge in [0.1, 0.15) is 18.1 Å². The van der Waals surface area contributed by atoms with E-state index in [-0.39, 0.29) is 19.1 Å². The first-order valence-corrected chi connectivity index (χ1v) is 10.5. The van der Waals surface area contributed by atoms with Crippen LogP contribution in [0.15, 0.2) is 66.7 Å². The number of rotatable bonds is 6. The third-order valence-electron chi connectivity index (χ3n) is 4.64. The Kier molecular flexibility index (Phi) is 6.68. The van der Waals surface area contributed by atoms with E-state index in [0.717, 1.165) is 0 Å². The molecule has 3 aromatic rings. The van der Waals surface area contributed by atoms with Gasteiger partial charge in [-0.15, -0.1) is 0 Å². The molecule has 0 bridgehead atoms. The Morgan fingerprint density at radius 2 is 1.72 bits per heavy atom. The molecule has 3 aromatic carbocycles. The number of hydrogen-bond donors (Lipinski definition) is 2. The van der Waals surface area contributed by atoms with E-state index in [2.05, 4.69) is 10.6 Å². The van der Waals surface area contributed by atoms with Crippen LogP contribution in [-0.2, 0) is 4.79 Å². The summed E-state index contributed by atoms with van der Waals surface area (Å²) in [5, 5.41) is 6.60. The monoisotopic (exact) mass is 471 g/mol. The zero-order valence-corrected chi connectivity index (χ0v) is 18.3. The van der Waals surface area contributed by atoms with Crippen LogP contribution in [0.5, 0.6) is 11.5 Å². The lowest BCUT2D eigenvalue weighted by Gasteiger charge is -2.29. The van der Waals surface area contributed by atoms with Crippen LogP contribution < -0.4 is 25.0 Å². The topological polar surface area (TPSA) is 79.9 Å². The molecule has 0 radical (unpaired) electrons. The van der Waals surface area contributed by atoms with Crippen molar-refractivity contribution in [3.8, 4) is 11.5 Å². The zero-order valence-electron chi connectivity index (χ0n) is 16.8. The van der Waals surface area contributed by atoms with Crippen LogP contribution in [0.4, 0.5) is 21.9 Å². The minimum Gasteiger partial charge on any atom is -0.492 e. The summed E-state index contributed by atoms with van der Waals surface area (Å²) >= 11 is 11.8. The number of carbonyl (C=O) groups excluding carboxylic acids is 2. The second-order valence-corrected chi connectivity index (χ2v) is 7.78. The predicted molar refractivity (Wildman–Crippen MR) is 125 cm³/mol. The zero-order chi connectivity index (χ0) is 22.5. The molecule has 1 heterocycles. The first kappa shape index (κ1) is 21.8. The second-order valence-electron chi connectivity index (χ2n) is 6.91. The third-order valence-corrected chi connectivity index (χ3v) is 5.13. The molecule has 164 valence electrons. The second kappa shape index (κ2) is 9.80. The summed E-state index contributed by atoms with van der Waals surface area (Å²) in [6, 6.07) is 18.5. The van der Waals surface area contributed by atoms with Crippen LogP contribution >= 0.6 is 23.2 Å². The number of nitrogens with zero attached hydrogens (tertiary/aromatic N) is 1. The van der Waals surface area contributed by atoms with Gasteiger partial charge in [0.25, 0.3) is 5.91 Å². The fraction of sp³-hybridized carbons (Fsp3) is 0.130. The number of anilines is 3. The van der Waals surface area contributed by atoms with Crippen LogP contribution in [0, 0.1) is 0 Å². The van der Waals surface area contributed by atoms with Gasteiger partial charge in [-0.25, -0.2) is 4.79 Å². The highest BCUT2D eigenvalue weighted by atomic mass is 35.5. The molecule has 7 nitrogen and oxygen atoms in total. The molecule has 0 saturated heterocycles. The molecule has 1 aliphatic rings. The molecule has 4 rings (SSSR count). The SMILES string of the molecule is O=C(Nc1cccc(Cl)c1)Nc1ccc2c(c1)N(CCOc1ccc(Cl)cc1)C(=O)CO2. The molecule has 0 atom stereocenters. The van der Waals surface area contributed by atoms with Crippen LogP contribution in [0.1, 0.15) is 0 Å². The lowest BCUT2D eigenvalue weighted by atomic mass is 10.2. The number of carbonyl (C=O) groups is 2. The molecule has 0 aromatic heterocycles. The summed E-state index contributed by atoms with van der Waals surface area (Å²) in [5.41, 5.74) is 1.62. The van der Waals surface area contributed by atoms with E-state index in [9.17, 15) is 9.59 Å². The average Bonchev–Trinajstić information content (AvgIpc) is 2.76. The van der Waals surface area contributed by atoms with Gasteiger partial charge in [-0.05, 0) is 60.7 Å². The van der Waals surface area contributed by atoms with Gasteiger partial charge in [0, 0.05) is 21.4 Å². The predicted octanol–water partition coefficient (Wildman–Crippen LogP) is 5.44. The number of urea groups is 1. The van der Waals surface area contributed by atoms with Gasteiger partial charge in [0.15, 0.2) is 6.61 Å². The van der Waals surface area contributed by atoms with Gasteiger partial charge in [-0.3, -0.25) is 4.79 Å². The van der Waals surface area contributed by atoms with Gasteiger partial charge in [-0.1, -0.05) is 29.3 Å².